The van der Waals surface area contributed by atoms with Gasteiger partial charge in [0.2, 0.25) is 0 Å². The van der Waals surface area contributed by atoms with Crippen LogP contribution in [0.5, 0.6) is 0 Å². The van der Waals surface area contributed by atoms with Crippen molar-refractivity contribution in [1.29, 1.82) is 0 Å². The molecular formula is C18H22ClN3O5S2. The van der Waals surface area contributed by atoms with Crippen LogP contribution < -0.4 is 10.2 Å². The predicted octanol–water partition coefficient (Wildman–Crippen LogP) is 2.47. The Morgan fingerprint density at radius 1 is 1.34 bits per heavy atom. The molecule has 2 aliphatic heterocycles. The Kier molecular flexibility index (Phi) is 6.16. The van der Waals surface area contributed by atoms with Gasteiger partial charge in [0.15, 0.2) is 15.0 Å². The van der Waals surface area contributed by atoms with Crippen LogP contribution in [0.2, 0.25) is 5.02 Å². The van der Waals surface area contributed by atoms with Crippen LogP contribution in [0, 0.1) is 0 Å². The van der Waals surface area contributed by atoms with Gasteiger partial charge in [0.25, 0.3) is 5.91 Å². The van der Waals surface area contributed by atoms with Crippen LogP contribution in [0.3, 0.4) is 0 Å². The lowest BCUT2D eigenvalue weighted by Crippen LogP contribution is -2.38. The van der Waals surface area contributed by atoms with Gasteiger partial charge in [-0.15, -0.1) is 0 Å². The number of thioether (sulfide) groups is 1. The van der Waals surface area contributed by atoms with Crippen LogP contribution in [0.25, 0.3) is 0 Å². The van der Waals surface area contributed by atoms with Gasteiger partial charge in [0.1, 0.15) is 12.1 Å². The number of nitrogens with zero attached hydrogens (tertiary/aromatic N) is 2. The van der Waals surface area contributed by atoms with E-state index in [1.165, 1.54) is 11.8 Å². The number of sulfone groups is 1. The van der Waals surface area contributed by atoms with Crippen molar-refractivity contribution in [1.82, 2.24) is 5.32 Å². The first-order valence-electron chi connectivity index (χ1n) is 8.94. The number of hydrogen-bond acceptors (Lipinski definition) is 6. The van der Waals surface area contributed by atoms with Crippen LogP contribution in [-0.2, 0) is 19.4 Å². The van der Waals surface area contributed by atoms with Crippen molar-refractivity contribution >= 4 is 56.1 Å². The minimum atomic E-state index is -3.16. The minimum absolute atomic E-state index is 0.0133. The predicted molar refractivity (Wildman–Crippen MR) is 114 cm³/mol. The van der Waals surface area contributed by atoms with Gasteiger partial charge in [-0.05, 0) is 39.0 Å². The molecule has 2 fully saturated rings. The van der Waals surface area contributed by atoms with Crippen LogP contribution in [0.1, 0.15) is 20.8 Å². The van der Waals surface area contributed by atoms with Crippen molar-refractivity contribution in [2.24, 2.45) is 4.99 Å². The first kappa shape index (κ1) is 21.9. The Morgan fingerprint density at radius 2 is 2.07 bits per heavy atom. The third-order valence-corrected chi connectivity index (χ3v) is 7.60. The number of fused-ring (bicyclic) bond motifs is 1. The van der Waals surface area contributed by atoms with Gasteiger partial charge in [-0.2, -0.15) is 4.99 Å². The summed E-state index contributed by atoms with van der Waals surface area (Å²) in [5, 5.41) is 3.05. The summed E-state index contributed by atoms with van der Waals surface area (Å²) in [5.41, 5.74) is -0.00614. The summed E-state index contributed by atoms with van der Waals surface area (Å²) < 4.78 is 29.2. The van der Waals surface area contributed by atoms with E-state index in [-0.39, 0.29) is 29.3 Å². The molecule has 2 saturated heterocycles. The van der Waals surface area contributed by atoms with Gasteiger partial charge in [0.05, 0.1) is 17.5 Å². The summed E-state index contributed by atoms with van der Waals surface area (Å²) in [5.74, 6) is -0.545. The Hall–Kier alpha value is -1.78. The van der Waals surface area contributed by atoms with Gasteiger partial charge < -0.3 is 15.0 Å². The average Bonchev–Trinajstić information content (AvgIpc) is 3.02. The molecule has 158 valence electrons. The molecule has 0 bridgehead atoms. The molecule has 0 radical (unpaired) electrons. The third kappa shape index (κ3) is 5.64. The Morgan fingerprint density at radius 3 is 2.72 bits per heavy atom. The lowest BCUT2D eigenvalue weighted by molar-refractivity contribution is -0.117. The fraction of sp³-hybridized carbons (Fsp3) is 0.500. The molecule has 0 spiro atoms. The first-order valence-corrected chi connectivity index (χ1v) is 12.0. The van der Waals surface area contributed by atoms with Crippen molar-refractivity contribution in [2.75, 3.05) is 23.0 Å². The zero-order chi connectivity index (χ0) is 21.4. The van der Waals surface area contributed by atoms with E-state index < -0.39 is 27.4 Å². The van der Waals surface area contributed by atoms with Crippen LogP contribution in [0.4, 0.5) is 10.5 Å². The summed E-state index contributed by atoms with van der Waals surface area (Å²) in [7, 11) is -3.16. The molecule has 29 heavy (non-hydrogen) atoms. The molecule has 3 rings (SSSR count). The molecule has 2 heterocycles. The van der Waals surface area contributed by atoms with Crippen molar-refractivity contribution in [3.05, 3.63) is 29.3 Å². The molecule has 2 atom stereocenters. The molecule has 2 aliphatic rings. The fourth-order valence-corrected chi connectivity index (χ4v) is 7.22. The molecule has 0 aromatic heterocycles. The van der Waals surface area contributed by atoms with Gasteiger partial charge in [-0.3, -0.25) is 4.79 Å². The zero-order valence-corrected chi connectivity index (χ0v) is 18.6. The second-order valence-corrected chi connectivity index (χ2v) is 11.6. The fourth-order valence-electron chi connectivity index (χ4n) is 3.10. The molecule has 0 unspecified atom stereocenters. The summed E-state index contributed by atoms with van der Waals surface area (Å²) >= 11 is 7.35. The molecule has 1 aromatic rings. The van der Waals surface area contributed by atoms with Crippen molar-refractivity contribution in [3.8, 4) is 0 Å². The summed E-state index contributed by atoms with van der Waals surface area (Å²) in [6.07, 6.45) is -0.709. The normalized spacial score (nSPS) is 24.4. The molecule has 2 amide bonds. The molecule has 8 nitrogen and oxygen atoms in total. The number of benzene rings is 1. The van der Waals surface area contributed by atoms with Crippen LogP contribution in [0.15, 0.2) is 29.3 Å². The topological polar surface area (TPSA) is 105 Å². The van der Waals surface area contributed by atoms with E-state index in [0.29, 0.717) is 15.9 Å². The maximum atomic E-state index is 12.3. The molecule has 0 saturated carbocycles. The van der Waals surface area contributed by atoms with E-state index in [1.54, 1.807) is 49.9 Å². The van der Waals surface area contributed by atoms with Crippen LogP contribution >= 0.6 is 23.4 Å². The highest BCUT2D eigenvalue weighted by molar-refractivity contribution is 8.16. The number of hydrogen-bond donors (Lipinski definition) is 1. The van der Waals surface area contributed by atoms with E-state index >= 15 is 0 Å². The first-order chi connectivity index (χ1) is 13.4. The quantitative estimate of drug-likeness (QED) is 0.740. The molecule has 1 aromatic carbocycles. The Bertz CT molecular complexity index is 958. The average molecular weight is 460 g/mol. The standard InChI is InChI=1S/C18H22ClN3O5S2/c1-18(2,3)27-17(24)20-8-15(23)21-16-22(12-6-4-5-11(19)7-12)13-9-29(25,26)10-14(13)28-16/h4-7,13-14H,8-10H2,1-3H3,(H,20,24)/t13-,14-/m0/s1. The molecular weight excluding hydrogens is 438 g/mol. The lowest BCUT2D eigenvalue weighted by Gasteiger charge is -2.24. The number of carbonyl (C=O) groups is 2. The number of halogens is 1. The number of carbonyl (C=O) groups excluding carboxylic acids is 2. The van der Waals surface area contributed by atoms with E-state index in [4.69, 9.17) is 16.3 Å². The molecule has 1 N–H and O–H groups in total. The van der Waals surface area contributed by atoms with E-state index in [1.807, 2.05) is 0 Å². The smallest absolute Gasteiger partial charge is 0.408 e. The number of alkyl carbamates (subject to hydrolysis) is 1. The highest BCUT2D eigenvalue weighted by Gasteiger charge is 2.49. The third-order valence-electron chi connectivity index (χ3n) is 4.16. The number of ether oxygens (including phenoxy) is 1. The highest BCUT2D eigenvalue weighted by atomic mass is 35.5. The van der Waals surface area contributed by atoms with Crippen molar-refractivity contribution in [3.63, 3.8) is 0 Å². The van der Waals surface area contributed by atoms with E-state index in [0.717, 1.165) is 0 Å². The second kappa shape index (κ2) is 8.16. The van der Waals surface area contributed by atoms with Crippen molar-refractivity contribution < 1.29 is 22.7 Å². The lowest BCUT2D eigenvalue weighted by atomic mass is 10.2. The van der Waals surface area contributed by atoms with E-state index in [2.05, 4.69) is 10.3 Å². The SMILES string of the molecule is CC(C)(C)OC(=O)NCC(=O)N=C1S[C@H]2CS(=O)(=O)C[C@@H]2N1c1cccc(Cl)c1. The number of amides is 2. The molecule has 0 aliphatic carbocycles. The highest BCUT2D eigenvalue weighted by Crippen LogP contribution is 2.41. The number of rotatable bonds is 3. The van der Waals surface area contributed by atoms with Gasteiger partial charge in [-0.1, -0.05) is 29.4 Å². The Balaban J connectivity index is 1.78. The number of amidine groups is 1. The van der Waals surface area contributed by atoms with Gasteiger partial charge in [0, 0.05) is 16.0 Å². The maximum Gasteiger partial charge on any atom is 0.408 e. The molecule has 11 heteroatoms. The zero-order valence-electron chi connectivity index (χ0n) is 16.2. The summed E-state index contributed by atoms with van der Waals surface area (Å²) in [4.78, 5) is 29.9. The van der Waals surface area contributed by atoms with Gasteiger partial charge >= 0.3 is 6.09 Å². The van der Waals surface area contributed by atoms with Crippen LogP contribution in [-0.4, -0.2) is 60.5 Å². The summed E-state index contributed by atoms with van der Waals surface area (Å²) in [6.45, 7) is 4.84. The second-order valence-electron chi connectivity index (χ2n) is 7.79. The van der Waals surface area contributed by atoms with Crippen molar-refractivity contribution in [2.45, 2.75) is 37.7 Å². The number of aliphatic imine (C=N–C) groups is 1. The number of anilines is 1. The Labute approximate surface area is 178 Å². The van der Waals surface area contributed by atoms with Gasteiger partial charge in [-0.25, -0.2) is 13.2 Å². The van der Waals surface area contributed by atoms with E-state index in [9.17, 15) is 18.0 Å². The largest absolute Gasteiger partial charge is 0.444 e. The monoisotopic (exact) mass is 459 g/mol. The number of nitrogens with one attached hydrogen (secondary N) is 1. The maximum absolute atomic E-state index is 12.3. The summed E-state index contributed by atoms with van der Waals surface area (Å²) in [6, 6.07) is 6.63. The minimum Gasteiger partial charge on any atom is -0.444 e.